The van der Waals surface area contributed by atoms with Crippen molar-refractivity contribution in [2.24, 2.45) is 49.2 Å². The molecule has 3 saturated heterocycles. The van der Waals surface area contributed by atoms with E-state index in [9.17, 15) is 4.39 Å². The Morgan fingerprint density at radius 2 is 1.04 bits per heavy atom. The minimum Gasteiger partial charge on any atom is -0.448 e. The summed E-state index contributed by atoms with van der Waals surface area (Å²) in [5.41, 5.74) is 5.90. The first kappa shape index (κ1) is 64.7. The van der Waals surface area contributed by atoms with Gasteiger partial charge in [0.2, 0.25) is 19.6 Å². The maximum absolute atomic E-state index is 13.7. The first-order chi connectivity index (χ1) is 39.3. The summed E-state index contributed by atoms with van der Waals surface area (Å²) in [5, 5.41) is 8.96. The van der Waals surface area contributed by atoms with Gasteiger partial charge in [0.25, 0.3) is 5.79 Å². The quantitative estimate of drug-likeness (QED) is 0.146. The molecule has 4 aliphatic heterocycles. The van der Waals surface area contributed by atoms with Crippen LogP contribution in [0, 0.1) is 86.1 Å². The summed E-state index contributed by atoms with van der Waals surface area (Å²) in [7, 11) is 0. The molecule has 0 bridgehead atoms. The van der Waals surface area contributed by atoms with Crippen molar-refractivity contribution in [1.29, 1.82) is 5.26 Å². The van der Waals surface area contributed by atoms with E-state index in [0.717, 1.165) is 132 Å². The van der Waals surface area contributed by atoms with Crippen molar-refractivity contribution in [3.63, 3.8) is 0 Å². The number of pyridine rings is 1. The number of likely N-dealkylation sites (tertiary alicyclic amines) is 2. The van der Waals surface area contributed by atoms with Crippen LogP contribution >= 0.6 is 0 Å². The second kappa shape index (κ2) is 27.0. The first-order valence-corrected chi connectivity index (χ1v) is 30.9. The van der Waals surface area contributed by atoms with E-state index >= 15 is 0 Å². The molecule has 83 heavy (non-hydrogen) atoms. The van der Waals surface area contributed by atoms with Gasteiger partial charge >= 0.3 is 0 Å². The lowest BCUT2D eigenvalue weighted by Crippen LogP contribution is -2.50. The molecule has 11 heteroatoms. The monoisotopic (exact) mass is 1130 g/mol. The molecule has 6 aliphatic rings. The molecule has 2 saturated carbocycles. The van der Waals surface area contributed by atoms with Crippen molar-refractivity contribution in [3.8, 4) is 28.8 Å². The summed E-state index contributed by atoms with van der Waals surface area (Å²) < 4.78 is 31.3. The largest absolute Gasteiger partial charge is 0.448 e. The molecule has 10 nitrogen and oxygen atoms in total. The number of fused-ring (bicyclic) bond motifs is 1. The Kier molecular flexibility index (Phi) is 21.1. The number of para-hydroxylation sites is 2. The minimum atomic E-state index is -0.500. The first-order valence-electron chi connectivity index (χ1n) is 30.9. The SMILES string of the molecule is CC(C)C1(CC#N)CCC2(CC1)COC2.[C-]#[N+]CC1(C(C)(C)C)CCC2(CC1)Oc1ccccc1O2.[C-]#[N+]CC1(C(C)(C)C)CCN(Cc2ccc(-c3ccccn3)cc2)CC1.[C-]#[N+]CC1(C(C)(C)C)CCN(Cc2ccccc2F)CC1. The van der Waals surface area contributed by atoms with Gasteiger partial charge in [-0.1, -0.05) is 137 Å². The zero-order valence-corrected chi connectivity index (χ0v) is 52.5. The molecule has 2 aliphatic carbocycles. The van der Waals surface area contributed by atoms with Gasteiger partial charge < -0.3 is 28.7 Å². The summed E-state index contributed by atoms with van der Waals surface area (Å²) in [6, 6.07) is 32.1. The lowest BCUT2D eigenvalue weighted by Gasteiger charge is -2.51. The smallest absolute Gasteiger partial charge is 0.251 e. The summed E-state index contributed by atoms with van der Waals surface area (Å²) >= 11 is 0. The molecule has 5 heterocycles. The van der Waals surface area contributed by atoms with Crippen molar-refractivity contribution < 1.29 is 18.6 Å². The molecule has 0 unspecified atom stereocenters. The molecule has 10 rings (SSSR count). The van der Waals surface area contributed by atoms with Gasteiger partial charge in [0.15, 0.2) is 11.5 Å². The highest BCUT2D eigenvalue weighted by molar-refractivity contribution is 5.59. The lowest BCUT2D eigenvalue weighted by atomic mass is 9.58. The Morgan fingerprint density at radius 3 is 1.45 bits per heavy atom. The number of aromatic nitrogens is 1. The fraction of sp³-hybridized carbons (Fsp3) is 0.625. The molecular formula is C72H98FN7O3. The Balaban J connectivity index is 0.000000162. The van der Waals surface area contributed by atoms with Crippen LogP contribution < -0.4 is 9.47 Å². The summed E-state index contributed by atoms with van der Waals surface area (Å²) in [5.74, 6) is 1.72. The van der Waals surface area contributed by atoms with Crippen LogP contribution in [0.4, 0.5) is 4.39 Å². The van der Waals surface area contributed by atoms with Crippen molar-refractivity contribution >= 4 is 0 Å². The van der Waals surface area contributed by atoms with Gasteiger partial charge in [0, 0.05) is 71.3 Å². The van der Waals surface area contributed by atoms with Gasteiger partial charge in [-0.25, -0.2) is 24.1 Å². The van der Waals surface area contributed by atoms with E-state index in [0.29, 0.717) is 42.9 Å². The number of hydrogen-bond donors (Lipinski definition) is 0. The summed E-state index contributed by atoms with van der Waals surface area (Å²) in [6.07, 6.45) is 15.5. The van der Waals surface area contributed by atoms with Gasteiger partial charge in [-0.05, 0) is 154 Å². The van der Waals surface area contributed by atoms with Crippen LogP contribution in [-0.2, 0) is 17.8 Å². The number of halogens is 1. The van der Waals surface area contributed by atoms with Gasteiger partial charge in [-0.3, -0.25) is 14.8 Å². The van der Waals surface area contributed by atoms with Gasteiger partial charge in [-0.2, -0.15) is 5.26 Å². The number of nitrogens with zero attached hydrogens (tertiary/aromatic N) is 7. The van der Waals surface area contributed by atoms with Crippen LogP contribution in [-0.4, -0.2) is 79.6 Å². The van der Waals surface area contributed by atoms with Crippen LogP contribution in [0.1, 0.15) is 171 Å². The number of piperidine rings is 2. The molecule has 0 amide bonds. The van der Waals surface area contributed by atoms with Crippen molar-refractivity contribution in [3.05, 3.63) is 148 Å². The maximum Gasteiger partial charge on any atom is 0.251 e. The summed E-state index contributed by atoms with van der Waals surface area (Å²) in [6.45, 7) is 56.3. The fourth-order valence-corrected chi connectivity index (χ4v) is 14.0. The molecule has 5 fully saturated rings. The topological polar surface area (TPSA) is 83.9 Å². The van der Waals surface area contributed by atoms with Crippen LogP contribution in [0.2, 0.25) is 0 Å². The average Bonchev–Trinajstić information content (AvgIpc) is 4.04. The van der Waals surface area contributed by atoms with Crippen molar-refractivity contribution in [1.82, 2.24) is 14.8 Å². The van der Waals surface area contributed by atoms with E-state index in [1.807, 2.05) is 60.8 Å². The Labute approximate surface area is 500 Å². The predicted molar refractivity (Wildman–Crippen MR) is 333 cm³/mol. The highest BCUT2D eigenvalue weighted by atomic mass is 19.1. The third-order valence-electron chi connectivity index (χ3n) is 21.4. The second-order valence-electron chi connectivity index (χ2n) is 29.0. The van der Waals surface area contributed by atoms with Crippen molar-refractivity contribution in [2.75, 3.05) is 59.0 Å². The van der Waals surface area contributed by atoms with E-state index in [4.69, 9.17) is 39.2 Å². The number of nitriles is 1. The molecule has 0 atom stereocenters. The molecule has 2 spiro atoms. The van der Waals surface area contributed by atoms with Gasteiger partial charge in [-0.15, -0.1) is 0 Å². The molecule has 3 aromatic carbocycles. The maximum atomic E-state index is 13.7. The highest BCUT2D eigenvalue weighted by Gasteiger charge is 2.55. The number of ether oxygens (including phenoxy) is 3. The van der Waals surface area contributed by atoms with Crippen LogP contribution in [0.15, 0.2) is 97.2 Å². The van der Waals surface area contributed by atoms with Crippen molar-refractivity contribution in [2.45, 2.75) is 179 Å². The van der Waals surface area contributed by atoms with E-state index in [2.05, 4.69) is 136 Å². The van der Waals surface area contributed by atoms with E-state index in [-0.39, 0.29) is 38.3 Å². The molecule has 0 N–H and O–H groups in total. The van der Waals surface area contributed by atoms with E-state index in [1.165, 1.54) is 37.3 Å². The average molecular weight is 1130 g/mol. The molecular weight excluding hydrogens is 1030 g/mol. The zero-order valence-electron chi connectivity index (χ0n) is 52.5. The Morgan fingerprint density at radius 1 is 0.578 bits per heavy atom. The number of benzene rings is 3. The third kappa shape index (κ3) is 15.4. The van der Waals surface area contributed by atoms with Gasteiger partial charge in [0.1, 0.15) is 5.82 Å². The third-order valence-corrected chi connectivity index (χ3v) is 21.4. The summed E-state index contributed by atoms with van der Waals surface area (Å²) in [4.78, 5) is 20.4. The van der Waals surface area contributed by atoms with Crippen LogP contribution in [0.5, 0.6) is 11.5 Å². The minimum absolute atomic E-state index is 0.0709. The number of rotatable bonds is 10. The number of hydrogen-bond acceptors (Lipinski definition) is 7. The fourth-order valence-electron chi connectivity index (χ4n) is 14.0. The normalized spacial score (nSPS) is 22.0. The molecule has 446 valence electrons. The van der Waals surface area contributed by atoms with Gasteiger partial charge in [0.05, 0.1) is 25.0 Å². The standard InChI is InChI=1S/C23H29N3.C18H25FN2.C18H23NO2.C13H21NO/c1-22(2,3)23(18-24-4)12-15-26(16-13-23)17-19-8-10-20(11-9-19)21-7-5-6-14-25-21;1-17(2,3)18(14-20-4)9-11-21(12-10-18)13-15-7-5-6-8-16(15)19;1-16(2,3)17(13-19-4)9-11-18(12-10-17)20-14-7-5-6-8-15(14)21-18;1-11(2)13(7-8-14)5-3-12(4-6-13)9-15-10-12/h5-11,14H,12-13,15-18H2,1-3H3;5-8H,9-14H2,1-3H3;5-8H,9-13H2,1-3H3;11H,3-7,9-10H2,1-2H3. The highest BCUT2D eigenvalue weighted by Crippen LogP contribution is 2.57. The molecule has 1 aromatic heterocycles. The second-order valence-corrected chi connectivity index (χ2v) is 29.0. The lowest BCUT2D eigenvalue weighted by molar-refractivity contribution is -0.149. The van der Waals surface area contributed by atoms with E-state index < -0.39 is 5.79 Å². The Bertz CT molecular complexity index is 2830. The molecule has 0 radical (unpaired) electrons. The Hall–Kier alpha value is -5.82. The zero-order chi connectivity index (χ0) is 60.2. The molecule has 4 aromatic rings. The van der Waals surface area contributed by atoms with Crippen LogP contribution in [0.3, 0.4) is 0 Å². The predicted octanol–water partition coefficient (Wildman–Crippen LogP) is 17.5. The van der Waals surface area contributed by atoms with Crippen LogP contribution in [0.25, 0.3) is 25.8 Å². The van der Waals surface area contributed by atoms with E-state index in [1.54, 1.807) is 6.07 Å².